The lowest BCUT2D eigenvalue weighted by molar-refractivity contribution is 0.0819. The Kier molecular flexibility index (Phi) is 9.02. The van der Waals surface area contributed by atoms with Crippen LogP contribution in [0.5, 0.6) is 0 Å². The molecule has 44 heavy (non-hydrogen) atoms. The first-order valence-electron chi connectivity index (χ1n) is 16.2. The molecule has 5 rings (SSSR count). The van der Waals surface area contributed by atoms with Crippen LogP contribution in [0, 0.1) is 35.5 Å². The van der Waals surface area contributed by atoms with E-state index in [2.05, 4.69) is 29.9 Å². The minimum absolute atomic E-state index is 0.365. The van der Waals surface area contributed by atoms with Crippen LogP contribution in [0.2, 0.25) is 0 Å². The lowest BCUT2D eigenvalue weighted by Gasteiger charge is -2.32. The summed E-state index contributed by atoms with van der Waals surface area (Å²) in [5.74, 6) is 3.39. The highest BCUT2D eigenvalue weighted by atomic mass is 16.6. The van der Waals surface area contributed by atoms with E-state index in [-0.39, 0.29) is 12.2 Å². The molecule has 6 nitrogen and oxygen atoms in total. The standard InChI is InChI=1S/C38H50N2O4/c1-23(2)26-12-14-30(15-13-26)37(5,6)39-36(42)44-22-29-18-28-20-33(29)34-17-25(16-32(28)34)21-43-35(41)40-38(7,8)31-11-9-10-27(19-31)24(3)4/h9-15,19,25,28-29,32-34H,1,3,16-18,20-22H2,2,4-8H3,(H,39,42)(H,40,41). The molecule has 0 aliphatic heterocycles. The summed E-state index contributed by atoms with van der Waals surface area (Å²) in [5.41, 5.74) is 5.11. The van der Waals surface area contributed by atoms with Crippen LogP contribution < -0.4 is 10.6 Å². The number of amides is 2. The van der Waals surface area contributed by atoms with Gasteiger partial charge in [-0.1, -0.05) is 66.8 Å². The number of nitrogens with one attached hydrogen (secondary N) is 2. The van der Waals surface area contributed by atoms with Crippen molar-refractivity contribution in [1.82, 2.24) is 10.6 Å². The molecular formula is C38H50N2O4. The maximum Gasteiger partial charge on any atom is 0.407 e. The minimum Gasteiger partial charge on any atom is -0.449 e. The van der Waals surface area contributed by atoms with Crippen LogP contribution in [0.15, 0.2) is 61.7 Å². The number of rotatable bonds is 10. The molecule has 0 radical (unpaired) electrons. The van der Waals surface area contributed by atoms with Gasteiger partial charge in [0.1, 0.15) is 0 Å². The van der Waals surface area contributed by atoms with E-state index in [0.717, 1.165) is 52.7 Å². The number of hydrogen-bond acceptors (Lipinski definition) is 4. The van der Waals surface area contributed by atoms with Crippen LogP contribution in [0.1, 0.15) is 89.5 Å². The summed E-state index contributed by atoms with van der Waals surface area (Å²) < 4.78 is 11.6. The highest BCUT2D eigenvalue weighted by Crippen LogP contribution is 2.62. The first kappa shape index (κ1) is 31.9. The van der Waals surface area contributed by atoms with E-state index in [4.69, 9.17) is 9.47 Å². The van der Waals surface area contributed by atoms with Crippen molar-refractivity contribution >= 4 is 23.3 Å². The number of alkyl carbamates (subject to hydrolysis) is 2. The summed E-state index contributed by atoms with van der Waals surface area (Å²) in [4.78, 5) is 25.6. The molecule has 6 atom stereocenters. The number of carbonyl (C=O) groups excluding carboxylic acids is 2. The molecule has 3 aliphatic carbocycles. The topological polar surface area (TPSA) is 76.7 Å². The Bertz CT molecular complexity index is 1410. The van der Waals surface area contributed by atoms with E-state index >= 15 is 0 Å². The molecular weight excluding hydrogens is 548 g/mol. The summed E-state index contributed by atoms with van der Waals surface area (Å²) in [6.45, 7) is 20.9. The third-order valence-corrected chi connectivity index (χ3v) is 10.6. The van der Waals surface area contributed by atoms with E-state index < -0.39 is 11.1 Å². The first-order valence-corrected chi connectivity index (χ1v) is 16.2. The molecule has 3 saturated carbocycles. The fourth-order valence-corrected chi connectivity index (χ4v) is 8.10. The highest BCUT2D eigenvalue weighted by molar-refractivity contribution is 5.70. The SMILES string of the molecule is C=C(C)c1ccc(C(C)(C)NC(=O)OCC2CC3CC2C2CC(COC(=O)NC(C)(C)c4cccc(C(=C)C)c4)CC32)cc1. The smallest absolute Gasteiger partial charge is 0.407 e. The van der Waals surface area contributed by atoms with Gasteiger partial charge in [-0.2, -0.15) is 0 Å². The Morgan fingerprint density at radius 1 is 0.727 bits per heavy atom. The fourth-order valence-electron chi connectivity index (χ4n) is 8.10. The third-order valence-electron chi connectivity index (χ3n) is 10.6. The van der Waals surface area contributed by atoms with Crippen molar-refractivity contribution in [1.29, 1.82) is 0 Å². The zero-order chi connectivity index (χ0) is 31.8. The summed E-state index contributed by atoms with van der Waals surface area (Å²) in [6, 6.07) is 16.3. The van der Waals surface area contributed by atoms with Gasteiger partial charge in [-0.3, -0.25) is 0 Å². The third kappa shape index (κ3) is 6.90. The van der Waals surface area contributed by atoms with E-state index in [1.165, 1.54) is 6.42 Å². The predicted octanol–water partition coefficient (Wildman–Crippen LogP) is 8.67. The maximum atomic E-state index is 12.8. The zero-order valence-corrected chi connectivity index (χ0v) is 27.4. The quantitative estimate of drug-likeness (QED) is 0.287. The molecule has 236 valence electrons. The van der Waals surface area contributed by atoms with E-state index in [1.54, 1.807) is 0 Å². The van der Waals surface area contributed by atoms with Crippen LogP contribution in [0.4, 0.5) is 9.59 Å². The molecule has 2 bridgehead atoms. The molecule has 0 saturated heterocycles. The van der Waals surface area contributed by atoms with Gasteiger partial charge in [-0.15, -0.1) is 0 Å². The molecule has 6 unspecified atom stereocenters. The van der Waals surface area contributed by atoms with Gasteiger partial charge in [0.25, 0.3) is 0 Å². The Balaban J connectivity index is 1.07. The van der Waals surface area contributed by atoms with Crippen molar-refractivity contribution in [3.05, 3.63) is 83.9 Å². The summed E-state index contributed by atoms with van der Waals surface area (Å²) >= 11 is 0. The van der Waals surface area contributed by atoms with Crippen LogP contribution in [0.3, 0.4) is 0 Å². The van der Waals surface area contributed by atoms with Crippen molar-refractivity contribution < 1.29 is 19.1 Å². The number of allylic oxidation sites excluding steroid dienone is 2. The molecule has 3 aliphatic rings. The van der Waals surface area contributed by atoms with Crippen molar-refractivity contribution in [2.24, 2.45) is 35.5 Å². The number of benzene rings is 2. The molecule has 2 amide bonds. The van der Waals surface area contributed by atoms with Gasteiger partial charge >= 0.3 is 12.2 Å². The van der Waals surface area contributed by atoms with Crippen LogP contribution >= 0.6 is 0 Å². The lowest BCUT2D eigenvalue weighted by atomic mass is 9.76. The van der Waals surface area contributed by atoms with Gasteiger partial charge in [-0.25, -0.2) is 9.59 Å². The van der Waals surface area contributed by atoms with E-state index in [1.807, 2.05) is 84.0 Å². The van der Waals surface area contributed by atoms with E-state index in [0.29, 0.717) is 48.7 Å². The second-order valence-electron chi connectivity index (χ2n) is 14.7. The maximum absolute atomic E-state index is 12.8. The zero-order valence-electron chi connectivity index (χ0n) is 27.4. The number of fused-ring (bicyclic) bond motifs is 5. The van der Waals surface area contributed by atoms with Crippen LogP contribution in [0.25, 0.3) is 11.1 Å². The molecule has 2 N–H and O–H groups in total. The molecule has 2 aromatic carbocycles. The lowest BCUT2D eigenvalue weighted by Crippen LogP contribution is -2.42. The van der Waals surface area contributed by atoms with Crippen molar-refractivity contribution in [2.45, 2.75) is 78.3 Å². The van der Waals surface area contributed by atoms with Gasteiger partial charge in [0.2, 0.25) is 0 Å². The van der Waals surface area contributed by atoms with Gasteiger partial charge in [0.05, 0.1) is 24.3 Å². The largest absolute Gasteiger partial charge is 0.449 e. The number of hydrogen-bond donors (Lipinski definition) is 2. The molecule has 0 spiro atoms. The van der Waals surface area contributed by atoms with Gasteiger partial charge in [-0.05, 0) is 131 Å². The van der Waals surface area contributed by atoms with Gasteiger partial charge in [0.15, 0.2) is 0 Å². The minimum atomic E-state index is -0.558. The van der Waals surface area contributed by atoms with Crippen molar-refractivity contribution in [2.75, 3.05) is 13.2 Å². The molecule has 2 aromatic rings. The average molecular weight is 599 g/mol. The van der Waals surface area contributed by atoms with Crippen molar-refractivity contribution in [3.63, 3.8) is 0 Å². The monoisotopic (exact) mass is 598 g/mol. The second-order valence-corrected chi connectivity index (χ2v) is 14.7. The number of ether oxygens (including phenoxy) is 2. The second kappa shape index (κ2) is 12.5. The van der Waals surface area contributed by atoms with Crippen LogP contribution in [-0.4, -0.2) is 25.4 Å². The normalized spacial score (nSPS) is 25.7. The fraction of sp³-hybridized carbons (Fsp3) is 0.526. The van der Waals surface area contributed by atoms with Gasteiger partial charge in [0, 0.05) is 0 Å². The Labute approximate surface area is 263 Å². The molecule has 3 fully saturated rings. The Hall–Kier alpha value is -3.54. The first-order chi connectivity index (χ1) is 20.7. The average Bonchev–Trinajstić information content (AvgIpc) is 3.67. The van der Waals surface area contributed by atoms with Crippen LogP contribution in [-0.2, 0) is 20.6 Å². The van der Waals surface area contributed by atoms with E-state index in [9.17, 15) is 9.59 Å². The highest BCUT2D eigenvalue weighted by Gasteiger charge is 2.56. The molecule has 6 heteroatoms. The van der Waals surface area contributed by atoms with Gasteiger partial charge < -0.3 is 20.1 Å². The summed E-state index contributed by atoms with van der Waals surface area (Å²) in [6.07, 6.45) is 3.82. The molecule has 0 aromatic heterocycles. The Morgan fingerprint density at radius 3 is 1.95 bits per heavy atom. The molecule has 0 heterocycles. The number of carbonyl (C=O) groups is 2. The predicted molar refractivity (Wildman–Crippen MR) is 177 cm³/mol. The van der Waals surface area contributed by atoms with Crippen molar-refractivity contribution in [3.8, 4) is 0 Å². The summed E-state index contributed by atoms with van der Waals surface area (Å²) in [5, 5.41) is 6.12. The summed E-state index contributed by atoms with van der Waals surface area (Å²) in [7, 11) is 0. The Morgan fingerprint density at radius 2 is 1.32 bits per heavy atom.